The van der Waals surface area contributed by atoms with Crippen LogP contribution in [0.5, 0.6) is 0 Å². The number of rotatable bonds is 8. The van der Waals surface area contributed by atoms with Gasteiger partial charge >= 0.3 is 0 Å². The van der Waals surface area contributed by atoms with Crippen molar-refractivity contribution in [2.24, 2.45) is 5.92 Å². The maximum absolute atomic E-state index is 7.63. The van der Waals surface area contributed by atoms with Crippen LogP contribution in [0.25, 0.3) is 0 Å². The second-order valence-electron chi connectivity index (χ2n) is 3.61. The first-order valence-corrected chi connectivity index (χ1v) is 5.15. The second kappa shape index (κ2) is 8.79. The molecule has 8 heteroatoms. The van der Waals surface area contributed by atoms with Gasteiger partial charge in [-0.2, -0.15) is 0 Å². The van der Waals surface area contributed by atoms with Crippen LogP contribution in [-0.2, 0) is 35.1 Å². The van der Waals surface area contributed by atoms with Crippen LogP contribution in [0.2, 0.25) is 0 Å². The van der Waals surface area contributed by atoms with Gasteiger partial charge in [-0.15, -0.1) is 0 Å². The van der Waals surface area contributed by atoms with Crippen molar-refractivity contribution in [1.29, 1.82) is 0 Å². The van der Waals surface area contributed by atoms with Crippen LogP contribution < -0.4 is 0 Å². The normalized spacial score (nSPS) is 19.9. The number of hydrogen-bond acceptors (Lipinski definition) is 8. The summed E-state index contributed by atoms with van der Waals surface area (Å²) in [5, 5.41) is 29.6. The highest BCUT2D eigenvalue weighted by Gasteiger charge is 2.21. The molecule has 16 heavy (non-hydrogen) atoms. The summed E-state index contributed by atoms with van der Waals surface area (Å²) in [6.45, 7) is 1.88. The minimum atomic E-state index is -0.0982. The van der Waals surface area contributed by atoms with Gasteiger partial charge in [0.1, 0.15) is 0 Å². The van der Waals surface area contributed by atoms with E-state index in [2.05, 4.69) is 30.2 Å². The monoisotopic (exact) mass is 240 g/mol. The predicted molar refractivity (Wildman–Crippen MR) is 46.3 cm³/mol. The van der Waals surface area contributed by atoms with Crippen molar-refractivity contribution in [2.45, 2.75) is 45.1 Å². The lowest BCUT2D eigenvalue weighted by Gasteiger charge is -2.25. The quantitative estimate of drug-likeness (QED) is 0.392. The molecule has 0 saturated heterocycles. The fraction of sp³-hybridized carbons (Fsp3) is 1.00. The summed E-state index contributed by atoms with van der Waals surface area (Å²) in [6.07, 6.45) is 5.82. The van der Waals surface area contributed by atoms with Gasteiger partial charge in [0.15, 0.2) is 0 Å². The van der Waals surface area contributed by atoms with Crippen molar-refractivity contribution in [3.63, 3.8) is 0 Å². The summed E-state index contributed by atoms with van der Waals surface area (Å²) in [6, 6.07) is 0. The van der Waals surface area contributed by atoms with Crippen LogP contribution in [0, 0.1) is 5.92 Å². The van der Waals surface area contributed by atoms with Crippen molar-refractivity contribution in [1.82, 2.24) is 0 Å². The van der Waals surface area contributed by atoms with Gasteiger partial charge in [0.2, 0.25) is 0 Å². The van der Waals surface area contributed by atoms with E-state index < -0.39 is 0 Å². The van der Waals surface area contributed by atoms with Gasteiger partial charge in [-0.05, 0) is 55.9 Å². The molecule has 1 unspecified atom stereocenters. The summed E-state index contributed by atoms with van der Waals surface area (Å²) in [4.78, 5) is 4.88. The highest BCUT2D eigenvalue weighted by molar-refractivity contribution is 4.70. The molecule has 1 aliphatic rings. The fourth-order valence-electron chi connectivity index (χ4n) is 1.81. The summed E-state index contributed by atoms with van der Waals surface area (Å²) >= 11 is 0. The average molecular weight is 240 g/mol. The number of hydrogen-bond donors (Lipinski definition) is 1. The van der Waals surface area contributed by atoms with Crippen LogP contribution in [0.3, 0.4) is 0 Å². The van der Waals surface area contributed by atoms with Gasteiger partial charge in [-0.3, -0.25) is 0 Å². The predicted octanol–water partition coefficient (Wildman–Crippen LogP) is 2.03. The molecule has 1 aliphatic carbocycles. The fourth-order valence-corrected chi connectivity index (χ4v) is 1.81. The maximum atomic E-state index is 7.63. The molecule has 1 saturated carbocycles. The standard InChI is InChI=1S/C8H16O8/c1-7(8-5-3-2-4-6-8)10-12-14-16-15-13-11-9/h7-9H,2-6H2,1H3. The van der Waals surface area contributed by atoms with E-state index in [4.69, 9.17) is 10.1 Å². The Bertz CT molecular complexity index is 160. The average Bonchev–Trinajstić information content (AvgIpc) is 2.34. The minimum absolute atomic E-state index is 0.0982. The molecule has 8 nitrogen and oxygen atoms in total. The largest absolute Gasteiger partial charge is 0.219 e. The van der Waals surface area contributed by atoms with E-state index >= 15 is 0 Å². The summed E-state index contributed by atoms with van der Waals surface area (Å²) in [5.41, 5.74) is 0. The third kappa shape index (κ3) is 5.68. The van der Waals surface area contributed by atoms with Crippen molar-refractivity contribution < 1.29 is 40.4 Å². The van der Waals surface area contributed by atoms with Crippen molar-refractivity contribution >= 4 is 0 Å². The molecule has 1 atom stereocenters. The van der Waals surface area contributed by atoms with Crippen LogP contribution in [-0.4, -0.2) is 11.4 Å². The van der Waals surface area contributed by atoms with E-state index in [-0.39, 0.29) is 6.10 Å². The van der Waals surface area contributed by atoms with E-state index in [1.165, 1.54) is 19.3 Å². The molecule has 0 aromatic rings. The first-order valence-electron chi connectivity index (χ1n) is 5.15. The highest BCUT2D eigenvalue weighted by atomic mass is 17.9. The molecule has 1 N–H and O–H groups in total. The van der Waals surface area contributed by atoms with Crippen LogP contribution in [0.1, 0.15) is 39.0 Å². The Hall–Kier alpha value is -0.320. The molecule has 0 radical (unpaired) electrons. The second-order valence-corrected chi connectivity index (χ2v) is 3.61. The van der Waals surface area contributed by atoms with E-state index in [1.807, 2.05) is 6.92 Å². The summed E-state index contributed by atoms with van der Waals surface area (Å²) in [7, 11) is 0. The first-order chi connectivity index (χ1) is 7.84. The lowest BCUT2D eigenvalue weighted by Crippen LogP contribution is -2.23. The first kappa shape index (κ1) is 13.7. The Balaban J connectivity index is 1.94. The zero-order valence-electron chi connectivity index (χ0n) is 9.00. The van der Waals surface area contributed by atoms with Gasteiger partial charge in [0.05, 0.1) is 6.10 Å². The molecule has 0 amide bonds. The molecule has 1 rings (SSSR count). The third-order valence-corrected chi connectivity index (χ3v) is 2.65. The Morgan fingerprint density at radius 3 is 2.25 bits per heavy atom. The van der Waals surface area contributed by atoms with Crippen molar-refractivity contribution in [2.75, 3.05) is 0 Å². The van der Waals surface area contributed by atoms with Gasteiger partial charge < -0.3 is 0 Å². The molecular weight excluding hydrogens is 224 g/mol. The van der Waals surface area contributed by atoms with Crippen LogP contribution in [0.4, 0.5) is 0 Å². The lowest BCUT2D eigenvalue weighted by atomic mass is 9.86. The van der Waals surface area contributed by atoms with Crippen molar-refractivity contribution in [3.8, 4) is 0 Å². The molecule has 0 aromatic heterocycles. The van der Waals surface area contributed by atoms with Gasteiger partial charge in [0.25, 0.3) is 0 Å². The smallest absolute Gasteiger partial charge is 0.0962 e. The molecule has 96 valence electrons. The van der Waals surface area contributed by atoms with E-state index in [9.17, 15) is 0 Å². The third-order valence-electron chi connectivity index (χ3n) is 2.65. The zero-order valence-corrected chi connectivity index (χ0v) is 9.00. The SMILES string of the molecule is CC(OOOOOOOO)C1CCCCC1. The minimum Gasteiger partial charge on any atom is -0.219 e. The Morgan fingerprint density at radius 1 is 0.938 bits per heavy atom. The van der Waals surface area contributed by atoms with Gasteiger partial charge in [-0.25, -0.2) is 10.1 Å². The zero-order chi connectivity index (χ0) is 11.6. The van der Waals surface area contributed by atoms with Crippen molar-refractivity contribution in [3.05, 3.63) is 0 Å². The van der Waals surface area contributed by atoms with Gasteiger partial charge in [-0.1, -0.05) is 19.3 Å². The lowest BCUT2D eigenvalue weighted by molar-refractivity contribution is -0.813. The van der Waals surface area contributed by atoms with Crippen LogP contribution >= 0.6 is 0 Å². The topological polar surface area (TPSA) is 84.8 Å². The van der Waals surface area contributed by atoms with Gasteiger partial charge in [0, 0.05) is 0 Å². The molecule has 0 bridgehead atoms. The molecule has 0 heterocycles. The maximum Gasteiger partial charge on any atom is 0.0962 e. The van der Waals surface area contributed by atoms with E-state index in [1.54, 1.807) is 0 Å². The van der Waals surface area contributed by atoms with Crippen LogP contribution in [0.15, 0.2) is 0 Å². The Kier molecular flexibility index (Phi) is 7.55. The summed E-state index contributed by atoms with van der Waals surface area (Å²) in [5.74, 6) is 0.454. The molecule has 0 aliphatic heterocycles. The molecule has 0 aromatic carbocycles. The molecule has 1 fully saturated rings. The Morgan fingerprint density at radius 2 is 1.56 bits per heavy atom. The molecule has 0 spiro atoms. The Labute approximate surface area is 92.4 Å². The highest BCUT2D eigenvalue weighted by Crippen LogP contribution is 2.27. The molecular formula is C8H16O8. The summed E-state index contributed by atoms with van der Waals surface area (Å²) < 4.78 is 0. The van der Waals surface area contributed by atoms with E-state index in [0.717, 1.165) is 12.8 Å². The van der Waals surface area contributed by atoms with E-state index in [0.29, 0.717) is 5.92 Å².